The van der Waals surface area contributed by atoms with E-state index in [1.165, 1.54) is 16.7 Å². The van der Waals surface area contributed by atoms with Gasteiger partial charge in [0.2, 0.25) is 0 Å². The van der Waals surface area contributed by atoms with Crippen molar-refractivity contribution < 1.29 is 14.2 Å². The molecule has 3 rings (SSSR count). The van der Waals surface area contributed by atoms with Crippen molar-refractivity contribution in [3.05, 3.63) is 59.2 Å². The van der Waals surface area contributed by atoms with E-state index in [0.717, 1.165) is 43.5 Å². The molecule has 2 aromatic carbocycles. The Hall–Kier alpha value is -2.77. The van der Waals surface area contributed by atoms with Crippen molar-refractivity contribution in [3.63, 3.8) is 0 Å². The van der Waals surface area contributed by atoms with Crippen LogP contribution in [0.4, 0.5) is 0 Å². The lowest BCUT2D eigenvalue weighted by atomic mass is 10.1. The molecule has 0 amide bonds. The lowest BCUT2D eigenvalue weighted by Crippen LogP contribution is -2.44. The van der Waals surface area contributed by atoms with Crippen molar-refractivity contribution >= 4 is 5.96 Å². The van der Waals surface area contributed by atoms with Crippen molar-refractivity contribution in [1.82, 2.24) is 15.5 Å². The number of rotatable bonds is 9. The van der Waals surface area contributed by atoms with Gasteiger partial charge < -0.3 is 24.8 Å². The molecule has 2 aromatic rings. The van der Waals surface area contributed by atoms with Gasteiger partial charge in [-0.3, -0.25) is 9.89 Å². The van der Waals surface area contributed by atoms with Gasteiger partial charge in [0.05, 0.1) is 20.8 Å². The van der Waals surface area contributed by atoms with Crippen LogP contribution in [-0.4, -0.2) is 58.4 Å². The molecule has 2 N–H and O–H groups in total. The van der Waals surface area contributed by atoms with Crippen LogP contribution in [0.25, 0.3) is 0 Å². The molecule has 0 bridgehead atoms. The van der Waals surface area contributed by atoms with E-state index in [9.17, 15) is 0 Å². The number of likely N-dealkylation sites (tertiary alicyclic amines) is 1. The van der Waals surface area contributed by atoms with Gasteiger partial charge in [0.15, 0.2) is 5.96 Å². The number of methoxy groups -OCH3 is 3. The van der Waals surface area contributed by atoms with Gasteiger partial charge in [0.25, 0.3) is 0 Å². The van der Waals surface area contributed by atoms with Crippen molar-refractivity contribution in [3.8, 4) is 11.5 Å². The lowest BCUT2D eigenvalue weighted by Gasteiger charge is -2.20. The van der Waals surface area contributed by atoms with Crippen LogP contribution in [0.1, 0.15) is 23.1 Å². The third-order valence-electron chi connectivity index (χ3n) is 5.52. The maximum atomic E-state index is 5.39. The summed E-state index contributed by atoms with van der Waals surface area (Å²) in [5.41, 5.74) is 3.59. The maximum absolute atomic E-state index is 5.39. The average molecular weight is 427 g/mol. The molecule has 1 aliphatic rings. The van der Waals surface area contributed by atoms with Gasteiger partial charge in [-0.2, -0.15) is 0 Å². The van der Waals surface area contributed by atoms with Gasteiger partial charge in [0.1, 0.15) is 11.5 Å². The minimum Gasteiger partial charge on any atom is -0.497 e. The minimum atomic E-state index is 0.355. The number of aliphatic imine (C=N–C) groups is 1. The number of nitrogens with one attached hydrogen (secondary N) is 2. The zero-order valence-electron chi connectivity index (χ0n) is 19.0. The summed E-state index contributed by atoms with van der Waals surface area (Å²) < 4.78 is 16.1. The number of guanidine groups is 1. The molecule has 7 nitrogen and oxygen atoms in total. The first kappa shape index (κ1) is 22.9. The van der Waals surface area contributed by atoms with Gasteiger partial charge in [-0.05, 0) is 35.2 Å². The van der Waals surface area contributed by atoms with E-state index in [2.05, 4.69) is 50.9 Å². The van der Waals surface area contributed by atoms with Gasteiger partial charge in [-0.1, -0.05) is 24.3 Å². The van der Waals surface area contributed by atoms with Crippen LogP contribution in [0.15, 0.2) is 47.5 Å². The third-order valence-corrected chi connectivity index (χ3v) is 5.52. The molecule has 1 atom stereocenters. The lowest BCUT2D eigenvalue weighted by molar-refractivity contribution is 0.184. The SMILES string of the molecule is CN=C(NCc1ccccc1COC)NC1CCN(Cc2cc(OC)cc(OC)c2)C1. The first-order chi connectivity index (χ1) is 15.1. The highest BCUT2D eigenvalue weighted by Crippen LogP contribution is 2.24. The number of ether oxygens (including phenoxy) is 3. The first-order valence-corrected chi connectivity index (χ1v) is 10.6. The Bertz CT molecular complexity index is 849. The molecular weight excluding hydrogens is 392 g/mol. The van der Waals surface area contributed by atoms with E-state index in [4.69, 9.17) is 14.2 Å². The molecule has 168 valence electrons. The molecule has 1 fully saturated rings. The molecule has 0 saturated carbocycles. The Morgan fingerprint density at radius 3 is 2.42 bits per heavy atom. The normalized spacial score (nSPS) is 16.9. The first-order valence-electron chi connectivity index (χ1n) is 10.6. The quantitative estimate of drug-likeness (QED) is 0.475. The average Bonchev–Trinajstić information content (AvgIpc) is 3.23. The molecule has 31 heavy (non-hydrogen) atoms. The monoisotopic (exact) mass is 426 g/mol. The van der Waals surface area contributed by atoms with Crippen LogP contribution in [0.5, 0.6) is 11.5 Å². The molecule has 0 spiro atoms. The zero-order valence-corrected chi connectivity index (χ0v) is 19.0. The molecule has 1 unspecified atom stereocenters. The summed E-state index contributed by atoms with van der Waals surface area (Å²) in [7, 11) is 6.89. The fourth-order valence-corrected chi connectivity index (χ4v) is 3.90. The topological polar surface area (TPSA) is 67.4 Å². The molecule has 1 heterocycles. The summed E-state index contributed by atoms with van der Waals surface area (Å²) in [5, 5.41) is 7.00. The Morgan fingerprint density at radius 1 is 1.06 bits per heavy atom. The van der Waals surface area contributed by atoms with Crippen molar-refractivity contribution in [2.45, 2.75) is 32.2 Å². The van der Waals surface area contributed by atoms with Gasteiger partial charge in [-0.15, -0.1) is 0 Å². The predicted molar refractivity (Wildman–Crippen MR) is 124 cm³/mol. The fourth-order valence-electron chi connectivity index (χ4n) is 3.90. The Morgan fingerprint density at radius 2 is 1.77 bits per heavy atom. The summed E-state index contributed by atoms with van der Waals surface area (Å²) in [6.07, 6.45) is 1.07. The van der Waals surface area contributed by atoms with E-state index in [1.54, 1.807) is 21.3 Å². The van der Waals surface area contributed by atoms with E-state index in [-0.39, 0.29) is 0 Å². The summed E-state index contributed by atoms with van der Waals surface area (Å²) in [6.45, 7) is 4.17. The van der Waals surface area contributed by atoms with Gasteiger partial charge in [-0.25, -0.2) is 0 Å². The van der Waals surface area contributed by atoms with Crippen LogP contribution in [0, 0.1) is 0 Å². The second-order valence-corrected chi connectivity index (χ2v) is 7.71. The summed E-state index contributed by atoms with van der Waals surface area (Å²) in [6, 6.07) is 14.7. The van der Waals surface area contributed by atoms with E-state index in [0.29, 0.717) is 19.2 Å². The van der Waals surface area contributed by atoms with E-state index in [1.807, 2.05) is 19.2 Å². The summed E-state index contributed by atoms with van der Waals surface area (Å²) in [5.74, 6) is 2.46. The van der Waals surface area contributed by atoms with Crippen LogP contribution in [0.2, 0.25) is 0 Å². The largest absolute Gasteiger partial charge is 0.497 e. The van der Waals surface area contributed by atoms with E-state index < -0.39 is 0 Å². The number of hydrogen-bond acceptors (Lipinski definition) is 5. The maximum Gasteiger partial charge on any atom is 0.191 e. The Labute approximate surface area is 185 Å². The number of hydrogen-bond donors (Lipinski definition) is 2. The van der Waals surface area contributed by atoms with E-state index >= 15 is 0 Å². The third kappa shape index (κ3) is 6.60. The summed E-state index contributed by atoms with van der Waals surface area (Å²) in [4.78, 5) is 6.85. The molecular formula is C24H34N4O3. The van der Waals surface area contributed by atoms with Crippen LogP contribution in [-0.2, 0) is 24.4 Å². The molecule has 1 aliphatic heterocycles. The molecule has 0 radical (unpaired) electrons. The Kier molecular flexibility index (Phi) is 8.55. The van der Waals surface area contributed by atoms with Gasteiger partial charge >= 0.3 is 0 Å². The van der Waals surface area contributed by atoms with Crippen molar-refractivity contribution in [2.24, 2.45) is 4.99 Å². The highest BCUT2D eigenvalue weighted by atomic mass is 16.5. The number of nitrogens with zero attached hydrogens (tertiary/aromatic N) is 2. The second kappa shape index (κ2) is 11.6. The highest BCUT2D eigenvalue weighted by molar-refractivity contribution is 5.80. The molecule has 0 aliphatic carbocycles. The smallest absolute Gasteiger partial charge is 0.191 e. The van der Waals surface area contributed by atoms with Crippen LogP contribution >= 0.6 is 0 Å². The zero-order chi connectivity index (χ0) is 22.1. The van der Waals surface area contributed by atoms with Gasteiger partial charge in [0, 0.05) is 52.4 Å². The Balaban J connectivity index is 1.52. The fraction of sp³-hybridized carbons (Fsp3) is 0.458. The van der Waals surface area contributed by atoms with Crippen LogP contribution in [0.3, 0.4) is 0 Å². The van der Waals surface area contributed by atoms with Crippen LogP contribution < -0.4 is 20.1 Å². The predicted octanol–water partition coefficient (Wildman–Crippen LogP) is 2.79. The standard InChI is InChI=1S/C24H34N4O3/c1-25-24(26-14-19-7-5-6-8-20(19)17-29-2)27-21-9-10-28(16-21)15-18-11-22(30-3)13-23(12-18)31-4/h5-8,11-13,21H,9-10,14-17H2,1-4H3,(H2,25,26,27). The number of benzene rings is 2. The van der Waals surface area contributed by atoms with Crippen molar-refractivity contribution in [2.75, 3.05) is 41.5 Å². The molecule has 7 heteroatoms. The molecule has 0 aromatic heterocycles. The van der Waals surface area contributed by atoms with Crippen molar-refractivity contribution in [1.29, 1.82) is 0 Å². The minimum absolute atomic E-state index is 0.355. The molecule has 1 saturated heterocycles. The highest BCUT2D eigenvalue weighted by Gasteiger charge is 2.23. The second-order valence-electron chi connectivity index (χ2n) is 7.71. The summed E-state index contributed by atoms with van der Waals surface area (Å²) >= 11 is 0.